The Morgan fingerprint density at radius 3 is 2.30 bits per heavy atom. The topological polar surface area (TPSA) is 84.5 Å². The van der Waals surface area contributed by atoms with E-state index in [2.05, 4.69) is 37.5 Å². The molecule has 0 unspecified atom stereocenters. The lowest BCUT2D eigenvalue weighted by molar-refractivity contribution is 0.122. The molecule has 2 heterocycles. The van der Waals surface area contributed by atoms with Crippen LogP contribution in [0.5, 0.6) is 11.5 Å². The Morgan fingerprint density at radius 1 is 1.00 bits per heavy atom. The molecule has 0 bridgehead atoms. The predicted octanol–water partition coefficient (Wildman–Crippen LogP) is 3.85. The third kappa shape index (κ3) is 4.83. The van der Waals surface area contributed by atoms with E-state index in [1.165, 1.54) is 5.69 Å². The van der Waals surface area contributed by atoms with Gasteiger partial charge in [0, 0.05) is 36.1 Å². The van der Waals surface area contributed by atoms with Crippen molar-refractivity contribution in [3.8, 4) is 22.9 Å². The number of morpholine rings is 1. The second-order valence-electron chi connectivity index (χ2n) is 6.84. The first-order chi connectivity index (χ1) is 14.7. The van der Waals surface area contributed by atoms with Crippen LogP contribution in [0.3, 0.4) is 0 Å². The molecule has 8 nitrogen and oxygen atoms in total. The van der Waals surface area contributed by atoms with Crippen LogP contribution in [0.15, 0.2) is 42.5 Å². The van der Waals surface area contributed by atoms with Crippen molar-refractivity contribution in [1.82, 2.24) is 15.2 Å². The summed E-state index contributed by atoms with van der Waals surface area (Å²) >= 11 is 0. The largest absolute Gasteiger partial charge is 0.494 e. The van der Waals surface area contributed by atoms with Gasteiger partial charge in [0.1, 0.15) is 11.5 Å². The van der Waals surface area contributed by atoms with Gasteiger partial charge in [-0.15, -0.1) is 5.10 Å². The van der Waals surface area contributed by atoms with Crippen LogP contribution >= 0.6 is 0 Å². The van der Waals surface area contributed by atoms with Crippen molar-refractivity contribution in [3.05, 3.63) is 42.5 Å². The van der Waals surface area contributed by atoms with Gasteiger partial charge in [0.2, 0.25) is 5.95 Å². The highest BCUT2D eigenvalue weighted by Crippen LogP contribution is 2.29. The Morgan fingerprint density at radius 2 is 1.67 bits per heavy atom. The van der Waals surface area contributed by atoms with Gasteiger partial charge in [0.25, 0.3) is 0 Å². The van der Waals surface area contributed by atoms with Crippen LogP contribution in [-0.4, -0.2) is 54.7 Å². The van der Waals surface area contributed by atoms with Gasteiger partial charge < -0.3 is 24.4 Å². The van der Waals surface area contributed by atoms with E-state index in [0.29, 0.717) is 25.0 Å². The molecular formula is C22H27N5O3. The number of rotatable bonds is 8. The maximum Gasteiger partial charge on any atom is 0.246 e. The molecule has 0 atom stereocenters. The van der Waals surface area contributed by atoms with Crippen molar-refractivity contribution in [2.75, 3.05) is 49.7 Å². The van der Waals surface area contributed by atoms with E-state index in [1.54, 1.807) is 0 Å². The number of hydrogen-bond donors (Lipinski definition) is 2. The second kappa shape index (κ2) is 9.49. The summed E-state index contributed by atoms with van der Waals surface area (Å²) in [5.74, 6) is 2.62. The van der Waals surface area contributed by atoms with Crippen LogP contribution < -0.4 is 19.7 Å². The molecule has 1 aliphatic heterocycles. The third-order valence-corrected chi connectivity index (χ3v) is 4.76. The van der Waals surface area contributed by atoms with Crippen LogP contribution in [-0.2, 0) is 4.74 Å². The Balaban J connectivity index is 1.47. The summed E-state index contributed by atoms with van der Waals surface area (Å²) in [4.78, 5) is 6.89. The Kier molecular flexibility index (Phi) is 6.34. The van der Waals surface area contributed by atoms with Gasteiger partial charge in [0.15, 0.2) is 5.82 Å². The number of H-pyrrole nitrogens is 1. The number of hydrogen-bond acceptors (Lipinski definition) is 7. The quantitative estimate of drug-likeness (QED) is 0.584. The lowest BCUT2D eigenvalue weighted by Crippen LogP contribution is -2.36. The zero-order valence-electron chi connectivity index (χ0n) is 17.4. The van der Waals surface area contributed by atoms with E-state index in [9.17, 15) is 0 Å². The molecule has 30 heavy (non-hydrogen) atoms. The average molecular weight is 409 g/mol. The van der Waals surface area contributed by atoms with Crippen molar-refractivity contribution in [2.24, 2.45) is 0 Å². The zero-order chi connectivity index (χ0) is 20.8. The summed E-state index contributed by atoms with van der Waals surface area (Å²) in [5.41, 5.74) is 2.97. The van der Waals surface area contributed by atoms with Crippen LogP contribution in [0.4, 0.5) is 17.3 Å². The fraction of sp³-hybridized carbons (Fsp3) is 0.364. The van der Waals surface area contributed by atoms with E-state index in [4.69, 9.17) is 14.2 Å². The van der Waals surface area contributed by atoms with Crippen molar-refractivity contribution in [2.45, 2.75) is 13.8 Å². The molecule has 3 aromatic rings. The van der Waals surface area contributed by atoms with Crippen molar-refractivity contribution >= 4 is 17.3 Å². The van der Waals surface area contributed by atoms with E-state index < -0.39 is 0 Å². The third-order valence-electron chi connectivity index (χ3n) is 4.76. The summed E-state index contributed by atoms with van der Waals surface area (Å²) in [5, 5.41) is 10.5. The number of benzene rings is 2. The van der Waals surface area contributed by atoms with Crippen molar-refractivity contribution in [1.29, 1.82) is 0 Å². The van der Waals surface area contributed by atoms with Crippen LogP contribution in [0, 0.1) is 0 Å². The molecule has 1 aliphatic rings. The molecule has 0 spiro atoms. The molecular weight excluding hydrogens is 382 g/mol. The van der Waals surface area contributed by atoms with Gasteiger partial charge in [0.05, 0.1) is 26.4 Å². The molecule has 1 fully saturated rings. The molecule has 0 amide bonds. The standard InChI is InChI=1S/C22H27N5O3/c1-3-29-19-13-16(14-20(15-19)30-4-2)21-24-22(26-25-21)23-17-5-7-18(8-6-17)27-9-11-28-12-10-27/h5-8,13-15H,3-4,9-12H2,1-2H3,(H2,23,24,25,26). The number of aromatic nitrogens is 3. The Hall–Kier alpha value is -3.26. The highest BCUT2D eigenvalue weighted by Gasteiger charge is 2.12. The van der Waals surface area contributed by atoms with E-state index in [0.717, 1.165) is 49.1 Å². The summed E-state index contributed by atoms with van der Waals surface area (Å²) in [6.45, 7) is 8.45. The SMILES string of the molecule is CCOc1cc(OCC)cc(-c2nc(Nc3ccc(N4CCOCC4)cc3)n[nH]2)c1. The monoisotopic (exact) mass is 409 g/mol. The minimum atomic E-state index is 0.504. The van der Waals surface area contributed by atoms with E-state index >= 15 is 0 Å². The lowest BCUT2D eigenvalue weighted by Gasteiger charge is -2.28. The Labute approximate surface area is 176 Å². The maximum atomic E-state index is 5.65. The number of ether oxygens (including phenoxy) is 3. The normalized spacial score (nSPS) is 13.9. The number of nitrogens with zero attached hydrogens (tertiary/aromatic N) is 3. The summed E-state index contributed by atoms with van der Waals surface area (Å²) in [6.07, 6.45) is 0. The molecule has 158 valence electrons. The average Bonchev–Trinajstić information content (AvgIpc) is 3.24. The molecule has 1 saturated heterocycles. The molecule has 2 aromatic carbocycles. The van der Waals surface area contributed by atoms with Crippen LogP contribution in [0.2, 0.25) is 0 Å². The molecule has 0 saturated carbocycles. The fourth-order valence-corrected chi connectivity index (χ4v) is 3.36. The van der Waals surface area contributed by atoms with Crippen molar-refractivity contribution < 1.29 is 14.2 Å². The van der Waals surface area contributed by atoms with E-state index in [1.807, 2.05) is 44.2 Å². The van der Waals surface area contributed by atoms with Gasteiger partial charge in [-0.1, -0.05) is 0 Å². The smallest absolute Gasteiger partial charge is 0.246 e. The molecule has 8 heteroatoms. The van der Waals surface area contributed by atoms with Gasteiger partial charge in [-0.3, -0.25) is 5.10 Å². The van der Waals surface area contributed by atoms with Gasteiger partial charge in [-0.2, -0.15) is 4.98 Å². The number of anilines is 3. The fourth-order valence-electron chi connectivity index (χ4n) is 3.36. The zero-order valence-corrected chi connectivity index (χ0v) is 17.4. The molecule has 0 aliphatic carbocycles. The van der Waals surface area contributed by atoms with Crippen LogP contribution in [0.25, 0.3) is 11.4 Å². The highest BCUT2D eigenvalue weighted by molar-refractivity contribution is 5.64. The lowest BCUT2D eigenvalue weighted by atomic mass is 10.2. The summed E-state index contributed by atoms with van der Waals surface area (Å²) < 4.78 is 16.7. The van der Waals surface area contributed by atoms with Crippen molar-refractivity contribution in [3.63, 3.8) is 0 Å². The first kappa shape index (κ1) is 20.0. The molecule has 4 rings (SSSR count). The molecule has 0 radical (unpaired) electrons. The second-order valence-corrected chi connectivity index (χ2v) is 6.84. The van der Waals surface area contributed by atoms with Gasteiger partial charge in [-0.05, 0) is 50.2 Å². The maximum absolute atomic E-state index is 5.65. The summed E-state index contributed by atoms with van der Waals surface area (Å²) in [6, 6.07) is 14.0. The van der Waals surface area contributed by atoms with Gasteiger partial charge >= 0.3 is 0 Å². The summed E-state index contributed by atoms with van der Waals surface area (Å²) in [7, 11) is 0. The van der Waals surface area contributed by atoms with E-state index in [-0.39, 0.29) is 0 Å². The Bertz CT molecular complexity index is 927. The number of nitrogens with one attached hydrogen (secondary N) is 2. The minimum Gasteiger partial charge on any atom is -0.494 e. The highest BCUT2D eigenvalue weighted by atomic mass is 16.5. The first-order valence-corrected chi connectivity index (χ1v) is 10.3. The van der Waals surface area contributed by atoms with Crippen LogP contribution in [0.1, 0.15) is 13.8 Å². The molecule has 1 aromatic heterocycles. The first-order valence-electron chi connectivity index (χ1n) is 10.3. The van der Waals surface area contributed by atoms with Gasteiger partial charge in [-0.25, -0.2) is 0 Å². The number of aromatic amines is 1. The molecule has 2 N–H and O–H groups in total. The minimum absolute atomic E-state index is 0.504. The predicted molar refractivity (Wildman–Crippen MR) is 117 cm³/mol.